The van der Waals surface area contributed by atoms with Crippen molar-refractivity contribution < 1.29 is 0 Å². The van der Waals surface area contributed by atoms with E-state index in [1.54, 1.807) is 0 Å². The van der Waals surface area contributed by atoms with E-state index in [4.69, 9.17) is 0 Å². The van der Waals surface area contributed by atoms with E-state index in [1.807, 2.05) is 0 Å². The first-order chi connectivity index (χ1) is 8.27. The summed E-state index contributed by atoms with van der Waals surface area (Å²) in [6.07, 6.45) is 6.58. The zero-order valence-corrected chi connectivity index (χ0v) is 11.6. The summed E-state index contributed by atoms with van der Waals surface area (Å²) < 4.78 is 0. The fraction of sp³-hybridized carbons (Fsp3) is 0.625. The van der Waals surface area contributed by atoms with Crippen LogP contribution < -0.4 is 5.32 Å². The highest BCUT2D eigenvalue weighted by atomic mass is 14.9. The van der Waals surface area contributed by atoms with Gasteiger partial charge in [0, 0.05) is 12.6 Å². The molecule has 0 aliphatic rings. The summed E-state index contributed by atoms with van der Waals surface area (Å²) in [7, 11) is 0. The topological polar surface area (TPSA) is 12.0 Å². The molecule has 0 aromatic heterocycles. The third kappa shape index (κ3) is 5.36. The third-order valence-electron chi connectivity index (χ3n) is 3.49. The van der Waals surface area contributed by atoms with Gasteiger partial charge in [-0.3, -0.25) is 0 Å². The number of hydrogen-bond acceptors (Lipinski definition) is 1. The molecule has 1 aromatic carbocycles. The lowest BCUT2D eigenvalue weighted by Gasteiger charge is -2.17. The lowest BCUT2D eigenvalue weighted by atomic mass is 10.0. The molecule has 0 aliphatic carbocycles. The van der Waals surface area contributed by atoms with Crippen molar-refractivity contribution in [2.75, 3.05) is 0 Å². The van der Waals surface area contributed by atoms with Crippen LogP contribution in [-0.4, -0.2) is 6.04 Å². The van der Waals surface area contributed by atoms with Crippen molar-refractivity contribution in [2.45, 2.75) is 65.5 Å². The summed E-state index contributed by atoms with van der Waals surface area (Å²) in [5.41, 5.74) is 2.82. The predicted molar refractivity (Wildman–Crippen MR) is 76.2 cm³/mol. The summed E-state index contributed by atoms with van der Waals surface area (Å²) in [6, 6.07) is 9.33. The van der Waals surface area contributed by atoms with Crippen LogP contribution in [0.5, 0.6) is 0 Å². The van der Waals surface area contributed by atoms with Crippen LogP contribution in [0, 0.1) is 6.92 Å². The zero-order chi connectivity index (χ0) is 12.5. The van der Waals surface area contributed by atoms with Crippen molar-refractivity contribution in [1.29, 1.82) is 0 Å². The van der Waals surface area contributed by atoms with Gasteiger partial charge in [-0.1, -0.05) is 57.4 Å². The first-order valence-corrected chi connectivity index (χ1v) is 7.05. The molecule has 0 heterocycles. The van der Waals surface area contributed by atoms with Gasteiger partial charge in [-0.25, -0.2) is 0 Å². The molecule has 0 saturated carbocycles. The Balaban J connectivity index is 2.34. The third-order valence-corrected chi connectivity index (χ3v) is 3.49. The number of rotatable bonds is 8. The number of unbranched alkanes of at least 4 members (excludes halogenated alkanes) is 2. The highest BCUT2D eigenvalue weighted by molar-refractivity contribution is 5.25. The second-order valence-corrected chi connectivity index (χ2v) is 4.91. The highest BCUT2D eigenvalue weighted by Gasteiger charge is 2.05. The molecule has 0 radical (unpaired) electrons. The van der Waals surface area contributed by atoms with Gasteiger partial charge in [-0.05, 0) is 30.9 Å². The molecular weight excluding hydrogens is 206 g/mol. The predicted octanol–water partition coefficient (Wildman–Crippen LogP) is 4.44. The van der Waals surface area contributed by atoms with Crippen molar-refractivity contribution in [2.24, 2.45) is 0 Å². The summed E-state index contributed by atoms with van der Waals surface area (Å²) in [6.45, 7) is 7.75. The molecule has 1 aromatic rings. The summed E-state index contributed by atoms with van der Waals surface area (Å²) in [5, 5.41) is 3.69. The minimum absolute atomic E-state index is 0.682. The smallest absolute Gasteiger partial charge is 0.0210 e. The van der Waals surface area contributed by atoms with Crippen molar-refractivity contribution in [3.63, 3.8) is 0 Å². The largest absolute Gasteiger partial charge is 0.310 e. The average Bonchev–Trinajstić information content (AvgIpc) is 2.35. The van der Waals surface area contributed by atoms with Crippen molar-refractivity contribution in [3.8, 4) is 0 Å². The average molecular weight is 233 g/mol. The second kappa shape index (κ2) is 8.30. The van der Waals surface area contributed by atoms with Gasteiger partial charge in [0.1, 0.15) is 0 Å². The molecule has 0 fully saturated rings. The summed E-state index contributed by atoms with van der Waals surface area (Å²) in [5.74, 6) is 0. The molecule has 1 nitrogen and oxygen atoms in total. The molecule has 1 heteroatoms. The van der Waals surface area contributed by atoms with E-state index in [0.717, 1.165) is 6.54 Å². The Kier molecular flexibility index (Phi) is 6.95. The minimum Gasteiger partial charge on any atom is -0.310 e. The number of benzene rings is 1. The molecular formula is C16H27N. The molecule has 1 atom stereocenters. The van der Waals surface area contributed by atoms with E-state index in [1.165, 1.54) is 43.2 Å². The quantitative estimate of drug-likeness (QED) is 0.654. The van der Waals surface area contributed by atoms with E-state index in [9.17, 15) is 0 Å². The van der Waals surface area contributed by atoms with Crippen LogP contribution in [0.1, 0.15) is 57.1 Å². The van der Waals surface area contributed by atoms with Gasteiger partial charge in [-0.15, -0.1) is 0 Å². The Morgan fingerprint density at radius 3 is 2.53 bits per heavy atom. The zero-order valence-electron chi connectivity index (χ0n) is 11.6. The van der Waals surface area contributed by atoms with E-state index in [0.29, 0.717) is 6.04 Å². The standard InChI is InChI=1S/C16H27N/c1-4-6-7-12-16(5-2)17-13-15-11-9-8-10-14(15)3/h8-11,16-17H,4-7,12-13H2,1-3H3. The molecule has 96 valence electrons. The van der Waals surface area contributed by atoms with Crippen LogP contribution in [-0.2, 0) is 6.54 Å². The molecule has 0 spiro atoms. The lowest BCUT2D eigenvalue weighted by molar-refractivity contribution is 0.446. The van der Waals surface area contributed by atoms with E-state index in [-0.39, 0.29) is 0 Å². The van der Waals surface area contributed by atoms with Gasteiger partial charge in [0.05, 0.1) is 0 Å². The van der Waals surface area contributed by atoms with Gasteiger partial charge in [0.25, 0.3) is 0 Å². The molecule has 1 unspecified atom stereocenters. The van der Waals surface area contributed by atoms with Crippen LogP contribution in [0.4, 0.5) is 0 Å². The normalized spacial score (nSPS) is 12.6. The van der Waals surface area contributed by atoms with E-state index < -0.39 is 0 Å². The monoisotopic (exact) mass is 233 g/mol. The summed E-state index contributed by atoms with van der Waals surface area (Å²) >= 11 is 0. The van der Waals surface area contributed by atoms with Crippen LogP contribution in [0.3, 0.4) is 0 Å². The van der Waals surface area contributed by atoms with Crippen LogP contribution in [0.2, 0.25) is 0 Å². The molecule has 1 rings (SSSR count). The molecule has 0 bridgehead atoms. The van der Waals surface area contributed by atoms with Crippen molar-refractivity contribution in [1.82, 2.24) is 5.32 Å². The minimum atomic E-state index is 0.682. The molecule has 0 amide bonds. The first kappa shape index (κ1) is 14.2. The fourth-order valence-electron chi connectivity index (χ4n) is 2.15. The maximum Gasteiger partial charge on any atom is 0.0210 e. The number of nitrogens with one attached hydrogen (secondary N) is 1. The van der Waals surface area contributed by atoms with Crippen molar-refractivity contribution >= 4 is 0 Å². The highest BCUT2D eigenvalue weighted by Crippen LogP contribution is 2.10. The van der Waals surface area contributed by atoms with Gasteiger partial charge < -0.3 is 5.32 Å². The Labute approximate surface area is 107 Å². The lowest BCUT2D eigenvalue weighted by Crippen LogP contribution is -2.28. The van der Waals surface area contributed by atoms with E-state index in [2.05, 4.69) is 50.4 Å². The van der Waals surface area contributed by atoms with Crippen LogP contribution in [0.15, 0.2) is 24.3 Å². The summed E-state index contributed by atoms with van der Waals surface area (Å²) in [4.78, 5) is 0. The van der Waals surface area contributed by atoms with Gasteiger partial charge in [-0.2, -0.15) is 0 Å². The Morgan fingerprint density at radius 1 is 1.12 bits per heavy atom. The first-order valence-electron chi connectivity index (χ1n) is 7.05. The maximum atomic E-state index is 3.69. The van der Waals surface area contributed by atoms with Crippen LogP contribution >= 0.6 is 0 Å². The number of hydrogen-bond donors (Lipinski definition) is 1. The molecule has 1 N–H and O–H groups in total. The molecule has 0 saturated heterocycles. The van der Waals surface area contributed by atoms with Gasteiger partial charge >= 0.3 is 0 Å². The number of aryl methyl sites for hydroxylation is 1. The Morgan fingerprint density at radius 2 is 1.88 bits per heavy atom. The maximum absolute atomic E-state index is 3.69. The van der Waals surface area contributed by atoms with Gasteiger partial charge in [0.2, 0.25) is 0 Å². The van der Waals surface area contributed by atoms with Crippen LogP contribution in [0.25, 0.3) is 0 Å². The fourth-order valence-corrected chi connectivity index (χ4v) is 2.15. The van der Waals surface area contributed by atoms with E-state index >= 15 is 0 Å². The molecule has 0 aliphatic heterocycles. The Hall–Kier alpha value is -0.820. The SMILES string of the molecule is CCCCCC(CC)NCc1ccccc1C. The second-order valence-electron chi connectivity index (χ2n) is 4.91. The van der Waals surface area contributed by atoms with Gasteiger partial charge in [0.15, 0.2) is 0 Å². The Bertz CT molecular complexity index is 306. The molecule has 17 heavy (non-hydrogen) atoms. The van der Waals surface area contributed by atoms with Crippen molar-refractivity contribution in [3.05, 3.63) is 35.4 Å².